The molecule has 1 unspecified atom stereocenters. The molecule has 0 radical (unpaired) electrons. The number of benzene rings is 1. The summed E-state index contributed by atoms with van der Waals surface area (Å²) in [5, 5.41) is 10.5. The van der Waals surface area contributed by atoms with Gasteiger partial charge in [-0.1, -0.05) is 11.6 Å². The molecule has 1 rings (SSSR count). The van der Waals surface area contributed by atoms with Crippen molar-refractivity contribution in [2.45, 2.75) is 13.3 Å². The van der Waals surface area contributed by atoms with Crippen LogP contribution >= 0.6 is 11.6 Å². The highest BCUT2D eigenvalue weighted by molar-refractivity contribution is 6.32. The van der Waals surface area contributed by atoms with E-state index in [-0.39, 0.29) is 23.1 Å². The zero-order valence-electron chi connectivity index (χ0n) is 9.26. The van der Waals surface area contributed by atoms with Crippen molar-refractivity contribution in [3.8, 4) is 5.75 Å². The summed E-state index contributed by atoms with van der Waals surface area (Å²) >= 11 is 5.66. The van der Waals surface area contributed by atoms with E-state index in [1.54, 1.807) is 0 Å². The van der Waals surface area contributed by atoms with Gasteiger partial charge in [0.1, 0.15) is 5.75 Å². The zero-order valence-corrected chi connectivity index (χ0v) is 10.0. The first kappa shape index (κ1) is 14.2. The van der Waals surface area contributed by atoms with Crippen LogP contribution in [0, 0.1) is 10.1 Å². The fourth-order valence-corrected chi connectivity index (χ4v) is 1.23. The van der Waals surface area contributed by atoms with Crippen LogP contribution in [0.1, 0.15) is 6.92 Å². The average Bonchev–Trinajstić information content (AvgIpc) is 2.31. The van der Waals surface area contributed by atoms with Gasteiger partial charge in [-0.25, -0.2) is 4.79 Å². The molecule has 1 aromatic carbocycles. The van der Waals surface area contributed by atoms with Gasteiger partial charge < -0.3 is 9.47 Å². The normalized spacial score (nSPS) is 11.7. The van der Waals surface area contributed by atoms with E-state index in [9.17, 15) is 19.3 Å². The van der Waals surface area contributed by atoms with E-state index < -0.39 is 17.3 Å². The lowest BCUT2D eigenvalue weighted by Gasteiger charge is -2.11. The summed E-state index contributed by atoms with van der Waals surface area (Å²) in [6, 6.07) is 3.23. The number of nitrogens with zero attached hydrogens (tertiary/aromatic N) is 1. The summed E-state index contributed by atoms with van der Waals surface area (Å²) in [6.45, 7) is 1.50. The van der Waals surface area contributed by atoms with Gasteiger partial charge >= 0.3 is 12.3 Å². The predicted octanol–water partition coefficient (Wildman–Crippen LogP) is 2.49. The molecule has 0 amide bonds. The van der Waals surface area contributed by atoms with E-state index in [4.69, 9.17) is 11.6 Å². The Labute approximate surface area is 106 Å². The monoisotopic (exact) mass is 277 g/mol. The minimum absolute atomic E-state index is 0.00865. The summed E-state index contributed by atoms with van der Waals surface area (Å²) in [5.41, 5.74) is -0.328. The number of esters is 1. The fraction of sp³-hybridized carbons (Fsp3) is 0.300. The van der Waals surface area contributed by atoms with E-state index in [1.165, 1.54) is 13.0 Å². The first-order valence-corrected chi connectivity index (χ1v) is 5.24. The lowest BCUT2D eigenvalue weighted by atomic mass is 10.3. The van der Waals surface area contributed by atoms with Crippen molar-refractivity contribution < 1.29 is 23.6 Å². The third kappa shape index (κ3) is 3.56. The Morgan fingerprint density at radius 2 is 2.28 bits per heavy atom. The lowest BCUT2D eigenvalue weighted by Crippen LogP contribution is -2.24. The van der Waals surface area contributed by atoms with Crippen molar-refractivity contribution in [3.63, 3.8) is 0 Å². The molecule has 0 aliphatic carbocycles. The molecule has 18 heavy (non-hydrogen) atoms. The van der Waals surface area contributed by atoms with Crippen LogP contribution < -0.4 is 4.74 Å². The van der Waals surface area contributed by atoms with E-state index in [2.05, 4.69) is 9.47 Å². The molecule has 0 saturated heterocycles. The Morgan fingerprint density at radius 1 is 1.61 bits per heavy atom. The minimum Gasteiger partial charge on any atom is -0.461 e. The Kier molecular flexibility index (Phi) is 4.85. The van der Waals surface area contributed by atoms with E-state index >= 15 is 0 Å². The van der Waals surface area contributed by atoms with Crippen LogP contribution in [0.2, 0.25) is 5.02 Å². The van der Waals surface area contributed by atoms with Gasteiger partial charge in [0.15, 0.2) is 0 Å². The van der Waals surface area contributed by atoms with Gasteiger partial charge in [0, 0.05) is 6.07 Å². The second-order valence-electron chi connectivity index (χ2n) is 3.06. The summed E-state index contributed by atoms with van der Waals surface area (Å²) in [6.07, 6.45) is -2.38. The van der Waals surface area contributed by atoms with Crippen LogP contribution in [0.25, 0.3) is 0 Å². The van der Waals surface area contributed by atoms with Crippen molar-refractivity contribution >= 4 is 23.3 Å². The molecule has 0 heterocycles. The number of carbonyl (C=O) groups is 1. The smallest absolute Gasteiger partial charge is 0.381 e. The maximum absolute atomic E-state index is 13.3. The van der Waals surface area contributed by atoms with Gasteiger partial charge in [0.25, 0.3) is 5.69 Å². The SMILES string of the molecule is CCOC(=O)C(F)Oc1cc([N+](=O)[O-])ccc1Cl. The van der Waals surface area contributed by atoms with Crippen molar-refractivity contribution in [2.75, 3.05) is 6.61 Å². The molecule has 0 aliphatic rings. The van der Waals surface area contributed by atoms with Crippen molar-refractivity contribution in [2.24, 2.45) is 0 Å². The molecule has 0 bridgehead atoms. The Bertz CT molecular complexity index is 468. The first-order chi connectivity index (χ1) is 8.45. The second-order valence-corrected chi connectivity index (χ2v) is 3.46. The van der Waals surface area contributed by atoms with E-state index in [0.717, 1.165) is 12.1 Å². The third-order valence-corrected chi connectivity index (χ3v) is 2.14. The van der Waals surface area contributed by atoms with Gasteiger partial charge in [-0.2, -0.15) is 4.39 Å². The van der Waals surface area contributed by atoms with Crippen LogP contribution in [-0.4, -0.2) is 23.9 Å². The van der Waals surface area contributed by atoms with Crippen LogP contribution in [0.3, 0.4) is 0 Å². The number of carbonyl (C=O) groups excluding carboxylic acids is 1. The van der Waals surface area contributed by atoms with E-state index in [0.29, 0.717) is 0 Å². The fourth-order valence-electron chi connectivity index (χ4n) is 1.06. The summed E-state index contributed by atoms with van der Waals surface area (Å²) in [4.78, 5) is 20.8. The number of non-ortho nitro benzene ring substituents is 1. The third-order valence-electron chi connectivity index (χ3n) is 1.83. The topological polar surface area (TPSA) is 78.7 Å². The van der Waals surface area contributed by atoms with Crippen LogP contribution in [0.4, 0.5) is 10.1 Å². The van der Waals surface area contributed by atoms with Gasteiger partial charge in [0.2, 0.25) is 0 Å². The standard InChI is InChI=1S/C10H9ClFNO5/c1-2-17-10(14)9(12)18-8-5-6(13(15)16)3-4-7(8)11/h3-5,9H,2H2,1H3. The molecule has 0 spiro atoms. The number of nitro groups is 1. The number of ether oxygens (including phenoxy) is 2. The van der Waals surface area contributed by atoms with E-state index in [1.807, 2.05) is 0 Å². The highest BCUT2D eigenvalue weighted by Gasteiger charge is 2.22. The Morgan fingerprint density at radius 3 is 2.83 bits per heavy atom. The molecule has 1 atom stereocenters. The Hall–Kier alpha value is -1.89. The molecule has 98 valence electrons. The molecular weight excluding hydrogens is 269 g/mol. The molecule has 1 aromatic rings. The predicted molar refractivity (Wildman–Crippen MR) is 60.3 cm³/mol. The number of halogens is 2. The molecule has 0 aromatic heterocycles. The van der Waals surface area contributed by atoms with Crippen molar-refractivity contribution in [1.82, 2.24) is 0 Å². The van der Waals surface area contributed by atoms with Crippen LogP contribution in [0.15, 0.2) is 18.2 Å². The van der Waals surface area contributed by atoms with Gasteiger partial charge in [-0.3, -0.25) is 10.1 Å². The van der Waals surface area contributed by atoms with Crippen molar-refractivity contribution in [3.05, 3.63) is 33.3 Å². The van der Waals surface area contributed by atoms with Gasteiger partial charge in [-0.05, 0) is 13.0 Å². The van der Waals surface area contributed by atoms with Crippen LogP contribution in [0.5, 0.6) is 5.75 Å². The molecular formula is C10H9ClFNO5. The maximum atomic E-state index is 13.3. The second kappa shape index (κ2) is 6.15. The lowest BCUT2D eigenvalue weighted by molar-refractivity contribution is -0.385. The maximum Gasteiger partial charge on any atom is 0.381 e. The Balaban J connectivity index is 2.86. The number of hydrogen-bond donors (Lipinski definition) is 0. The molecule has 8 heteroatoms. The zero-order chi connectivity index (χ0) is 13.7. The number of nitro benzene ring substituents is 1. The number of hydrogen-bond acceptors (Lipinski definition) is 5. The highest BCUT2D eigenvalue weighted by Crippen LogP contribution is 2.29. The quantitative estimate of drug-likeness (QED) is 0.469. The number of alkyl halides is 1. The van der Waals surface area contributed by atoms with Gasteiger partial charge in [0.05, 0.1) is 22.6 Å². The molecule has 0 fully saturated rings. The first-order valence-electron chi connectivity index (χ1n) is 4.87. The summed E-state index contributed by atoms with van der Waals surface area (Å²) in [7, 11) is 0. The largest absolute Gasteiger partial charge is 0.461 e. The summed E-state index contributed by atoms with van der Waals surface area (Å²) < 4.78 is 22.2. The molecule has 0 N–H and O–H groups in total. The van der Waals surface area contributed by atoms with Crippen LogP contribution in [-0.2, 0) is 9.53 Å². The molecule has 0 saturated carbocycles. The molecule has 0 aliphatic heterocycles. The summed E-state index contributed by atoms with van der Waals surface area (Å²) in [5.74, 6) is -1.52. The van der Waals surface area contributed by atoms with Crippen molar-refractivity contribution in [1.29, 1.82) is 0 Å². The number of rotatable bonds is 5. The highest BCUT2D eigenvalue weighted by atomic mass is 35.5. The molecule has 6 nitrogen and oxygen atoms in total. The van der Waals surface area contributed by atoms with Gasteiger partial charge in [-0.15, -0.1) is 0 Å². The minimum atomic E-state index is -2.38. The average molecular weight is 278 g/mol.